The maximum absolute atomic E-state index is 11.5. The molecule has 0 aromatic heterocycles. The summed E-state index contributed by atoms with van der Waals surface area (Å²) in [5.41, 5.74) is 0. The van der Waals surface area contributed by atoms with Gasteiger partial charge in [-0.2, -0.15) is 0 Å². The fraction of sp³-hybridized carbons (Fsp3) is 1.00. The van der Waals surface area contributed by atoms with E-state index in [1.165, 1.54) is 0 Å². The minimum absolute atomic E-state index is 0.465. The van der Waals surface area contributed by atoms with Crippen LogP contribution >= 0.6 is 0 Å². The molecule has 29 heteroatoms. The maximum Gasteiger partial charge on any atom is 0.187 e. The summed E-state index contributed by atoms with van der Waals surface area (Å²) in [5, 5.41) is 197. The Morgan fingerprint density at radius 1 is 0.429 bits per heavy atom. The van der Waals surface area contributed by atoms with Gasteiger partial charge in [-0.05, 0) is 0 Å². The van der Waals surface area contributed by atoms with Crippen LogP contribution in [0.5, 0.6) is 0 Å². The third kappa shape index (κ3) is 11.9. The van der Waals surface area contributed by atoms with Gasteiger partial charge in [0.1, 0.15) is 134 Å². The van der Waals surface area contributed by atoms with Crippen LogP contribution in [0, 0.1) is 0 Å². The van der Waals surface area contributed by atoms with Gasteiger partial charge in [0, 0.05) is 0 Å². The molecule has 0 bridgehead atoms. The summed E-state index contributed by atoms with van der Waals surface area (Å²) in [4.78, 5) is 0. The van der Waals surface area contributed by atoms with Gasteiger partial charge < -0.3 is 144 Å². The van der Waals surface area contributed by atoms with Crippen LogP contribution in [0.2, 0.25) is 0 Å². The molecule has 0 aromatic carbocycles. The molecule has 0 aliphatic carbocycles. The Morgan fingerprint density at radius 2 is 0.889 bits per heavy atom. The number of hydrogen-bond donors (Lipinski definition) is 19. The quantitative estimate of drug-likeness (QED) is 0.0607. The fourth-order valence-corrected chi connectivity index (χ4v) is 7.32. The summed E-state index contributed by atoms with van der Waals surface area (Å²) in [6.07, 6.45) is -51.3. The standard InChI is InChI=1S/C34H60O29/c35-1-8(38)16(43)27(9(39)2-36)61-33-26(53)22(49)28(62-32-25(52)21(48)19(46)13(59-32)6-56-30-23(50)15(42)10(40)4-54-30)14(60-33)7-57-34-29(17(44)11(41)5-55-34)63-31-24(51)20(47)18(45)12(3-37)58-31/h8-53H,1-7H2/t8-,9+,10+,11+,12+,13+,14+,15-,16+,17-,18-,19+,20-,21-,22+,23+,24+,25+,26+,27+,28+,29+,30+,31-,32-,33-,34+/m0/s1. The van der Waals surface area contributed by atoms with Gasteiger partial charge in [0.05, 0.1) is 46.2 Å². The van der Waals surface area contributed by atoms with Crippen molar-refractivity contribution in [3.8, 4) is 0 Å². The van der Waals surface area contributed by atoms with Crippen molar-refractivity contribution in [1.29, 1.82) is 0 Å². The first-order chi connectivity index (χ1) is 29.7. The van der Waals surface area contributed by atoms with E-state index in [1.54, 1.807) is 0 Å². The number of hydrogen-bond acceptors (Lipinski definition) is 29. The number of rotatable bonds is 18. The first-order valence-corrected chi connectivity index (χ1v) is 19.9. The predicted octanol–water partition coefficient (Wildman–Crippen LogP) is -13.2. The summed E-state index contributed by atoms with van der Waals surface area (Å²) < 4.78 is 55.6. The molecule has 29 nitrogen and oxygen atoms in total. The Kier molecular flexibility index (Phi) is 19.5. The Hall–Kier alpha value is -1.16. The van der Waals surface area contributed by atoms with Crippen molar-refractivity contribution >= 4 is 0 Å². The number of aliphatic hydroxyl groups is 19. The van der Waals surface area contributed by atoms with Crippen molar-refractivity contribution in [1.82, 2.24) is 0 Å². The Labute approximate surface area is 356 Å². The van der Waals surface area contributed by atoms with Crippen molar-refractivity contribution in [3.05, 3.63) is 0 Å². The van der Waals surface area contributed by atoms with Crippen molar-refractivity contribution in [3.63, 3.8) is 0 Å². The topological polar surface area (TPSA) is 477 Å². The summed E-state index contributed by atoms with van der Waals surface area (Å²) in [7, 11) is 0. The van der Waals surface area contributed by atoms with Crippen molar-refractivity contribution in [2.75, 3.05) is 46.2 Å². The molecule has 5 rings (SSSR count). The first-order valence-electron chi connectivity index (χ1n) is 19.9. The van der Waals surface area contributed by atoms with E-state index in [2.05, 4.69) is 0 Å². The van der Waals surface area contributed by atoms with E-state index in [0.29, 0.717) is 0 Å². The highest BCUT2D eigenvalue weighted by molar-refractivity contribution is 4.97. The second-order valence-corrected chi connectivity index (χ2v) is 15.7. The average molecular weight is 933 g/mol. The lowest BCUT2D eigenvalue weighted by atomic mass is 9.96. The minimum Gasteiger partial charge on any atom is -0.394 e. The van der Waals surface area contributed by atoms with E-state index in [4.69, 9.17) is 47.4 Å². The first kappa shape index (κ1) is 52.8. The Bertz CT molecular complexity index is 1360. The molecule has 5 fully saturated rings. The third-order valence-electron chi connectivity index (χ3n) is 11.2. The lowest BCUT2D eigenvalue weighted by Gasteiger charge is -2.48. The normalized spacial score (nSPS) is 48.3. The van der Waals surface area contributed by atoms with Crippen LogP contribution in [0.3, 0.4) is 0 Å². The second-order valence-electron chi connectivity index (χ2n) is 15.7. The molecule has 5 saturated heterocycles. The van der Waals surface area contributed by atoms with Gasteiger partial charge in [-0.25, -0.2) is 0 Å². The van der Waals surface area contributed by atoms with Gasteiger partial charge >= 0.3 is 0 Å². The van der Waals surface area contributed by atoms with Crippen LogP contribution < -0.4 is 0 Å². The highest BCUT2D eigenvalue weighted by atomic mass is 16.8. The lowest BCUT2D eigenvalue weighted by Crippen LogP contribution is -2.66. The van der Waals surface area contributed by atoms with Gasteiger partial charge in [0.25, 0.3) is 0 Å². The predicted molar refractivity (Wildman–Crippen MR) is 189 cm³/mol. The van der Waals surface area contributed by atoms with E-state index >= 15 is 0 Å². The van der Waals surface area contributed by atoms with E-state index in [1.807, 2.05) is 0 Å². The molecule has 0 amide bonds. The van der Waals surface area contributed by atoms with Gasteiger partial charge in [-0.1, -0.05) is 0 Å². The Morgan fingerprint density at radius 3 is 1.48 bits per heavy atom. The highest BCUT2D eigenvalue weighted by Crippen LogP contribution is 2.33. The molecule has 5 aliphatic rings. The zero-order chi connectivity index (χ0) is 46.6. The molecule has 0 saturated carbocycles. The Balaban J connectivity index is 1.39. The number of ether oxygens (including phenoxy) is 10. The molecule has 5 heterocycles. The molecule has 0 aromatic rings. The largest absolute Gasteiger partial charge is 0.394 e. The van der Waals surface area contributed by atoms with Crippen LogP contribution in [-0.4, -0.2) is 309 Å². The third-order valence-corrected chi connectivity index (χ3v) is 11.2. The highest BCUT2D eigenvalue weighted by Gasteiger charge is 2.54. The smallest absolute Gasteiger partial charge is 0.187 e. The molecule has 5 aliphatic heterocycles. The van der Waals surface area contributed by atoms with E-state index in [9.17, 15) is 97.0 Å². The molecule has 19 N–H and O–H groups in total. The molecule has 370 valence electrons. The van der Waals surface area contributed by atoms with Gasteiger partial charge in [-0.3, -0.25) is 0 Å². The molecule has 27 atom stereocenters. The van der Waals surface area contributed by atoms with Crippen molar-refractivity contribution < 1.29 is 144 Å². The zero-order valence-corrected chi connectivity index (χ0v) is 33.1. The molecular formula is C34H60O29. The van der Waals surface area contributed by atoms with Crippen LogP contribution in [0.25, 0.3) is 0 Å². The summed E-state index contributed by atoms with van der Waals surface area (Å²) >= 11 is 0. The number of aliphatic hydroxyl groups excluding tert-OH is 19. The lowest BCUT2D eigenvalue weighted by molar-refractivity contribution is -0.381. The van der Waals surface area contributed by atoms with Crippen molar-refractivity contribution in [2.45, 2.75) is 166 Å². The van der Waals surface area contributed by atoms with E-state index < -0.39 is 212 Å². The minimum atomic E-state index is -2.26. The van der Waals surface area contributed by atoms with Crippen LogP contribution in [0.4, 0.5) is 0 Å². The maximum atomic E-state index is 11.5. The summed E-state index contributed by atoms with van der Waals surface area (Å²) in [6, 6.07) is 0. The molecule has 0 unspecified atom stereocenters. The van der Waals surface area contributed by atoms with Crippen molar-refractivity contribution in [2.24, 2.45) is 0 Å². The van der Waals surface area contributed by atoms with Crippen LogP contribution in [-0.2, 0) is 47.4 Å². The van der Waals surface area contributed by atoms with Crippen LogP contribution in [0.1, 0.15) is 0 Å². The van der Waals surface area contributed by atoms with E-state index in [-0.39, 0.29) is 0 Å². The fourth-order valence-electron chi connectivity index (χ4n) is 7.32. The van der Waals surface area contributed by atoms with Gasteiger partial charge in [0.15, 0.2) is 31.5 Å². The molecular weight excluding hydrogens is 872 g/mol. The van der Waals surface area contributed by atoms with E-state index in [0.717, 1.165) is 0 Å². The molecule has 63 heavy (non-hydrogen) atoms. The monoisotopic (exact) mass is 932 g/mol. The van der Waals surface area contributed by atoms with Gasteiger partial charge in [-0.15, -0.1) is 0 Å². The second kappa shape index (κ2) is 23.2. The SMILES string of the molecule is OC[C@@H](O)[C@@H](O[C@@H]1O[C@H](CO[C@H]2OC[C@@H](O)[C@H](O)[C@H]2O[C@@H]2O[C@H](CO)[C@H](O)[C@H](O)[C@H]2O)[C@@H](O[C@@H]2O[C@H](CO[C@H]3OC[C@@H](O)[C@H](O)[C@H]3O)[C@@H](O)[C@H](O)[C@H]2O)[C@H](O)[C@H]1O)[C@H](O)[C@@H](O)CO. The van der Waals surface area contributed by atoms with Crippen LogP contribution in [0.15, 0.2) is 0 Å². The average Bonchev–Trinajstić information content (AvgIpc) is 3.27. The molecule has 0 radical (unpaired) electrons. The molecule has 0 spiro atoms. The summed E-state index contributed by atoms with van der Waals surface area (Å²) in [6.45, 7) is -5.80. The zero-order valence-electron chi connectivity index (χ0n) is 33.1. The van der Waals surface area contributed by atoms with Gasteiger partial charge in [0.2, 0.25) is 0 Å². The summed E-state index contributed by atoms with van der Waals surface area (Å²) in [5.74, 6) is 0.